The third kappa shape index (κ3) is 1.97. The molecule has 0 radical (unpaired) electrons. The van der Waals surface area contributed by atoms with Gasteiger partial charge in [0.2, 0.25) is 0 Å². The Bertz CT molecular complexity index is 422. The highest BCUT2D eigenvalue weighted by Crippen LogP contribution is 2.09. The topological polar surface area (TPSA) is 63.8 Å². The van der Waals surface area contributed by atoms with Crippen molar-refractivity contribution in [2.45, 2.75) is 20.1 Å². The zero-order valence-electron chi connectivity index (χ0n) is 7.71. The second-order valence-corrected chi connectivity index (χ2v) is 4.19. The Kier molecular flexibility index (Phi) is 2.55. The maximum Gasteiger partial charge on any atom is 0.139 e. The van der Waals surface area contributed by atoms with Crippen LogP contribution >= 0.6 is 11.3 Å². The van der Waals surface area contributed by atoms with Gasteiger partial charge < -0.3 is 5.11 Å². The molecule has 0 aliphatic heterocycles. The van der Waals surface area contributed by atoms with Crippen molar-refractivity contribution in [2.24, 2.45) is 0 Å². The van der Waals surface area contributed by atoms with Crippen LogP contribution in [0.4, 0.5) is 0 Å². The van der Waals surface area contributed by atoms with Gasteiger partial charge in [0.15, 0.2) is 0 Å². The molecule has 14 heavy (non-hydrogen) atoms. The predicted molar refractivity (Wildman–Crippen MR) is 51.9 cm³/mol. The fraction of sp³-hybridized carbons (Fsp3) is 0.375. The van der Waals surface area contributed by atoms with Crippen LogP contribution in [0.15, 0.2) is 12.4 Å². The van der Waals surface area contributed by atoms with E-state index in [1.54, 1.807) is 28.4 Å². The van der Waals surface area contributed by atoms with Crippen LogP contribution in [0.1, 0.15) is 15.6 Å². The van der Waals surface area contributed by atoms with Gasteiger partial charge in [-0.1, -0.05) is 11.3 Å². The van der Waals surface area contributed by atoms with Crippen LogP contribution in [0.5, 0.6) is 0 Å². The molecule has 0 amide bonds. The summed E-state index contributed by atoms with van der Waals surface area (Å²) >= 11 is 1.55. The standard InChI is InChI=1S/C8H10N4OS/c1-6-10-11-8(14-6)4-12-3-7(5-13)2-9-12/h2-3,13H,4-5H2,1H3. The average Bonchev–Trinajstić information content (AvgIpc) is 2.76. The lowest BCUT2D eigenvalue weighted by Crippen LogP contribution is -1.99. The first-order chi connectivity index (χ1) is 6.78. The molecule has 2 rings (SSSR count). The molecule has 0 aromatic carbocycles. The summed E-state index contributed by atoms with van der Waals surface area (Å²) in [5, 5.41) is 22.7. The Morgan fingerprint density at radius 2 is 2.36 bits per heavy atom. The van der Waals surface area contributed by atoms with Crippen molar-refractivity contribution >= 4 is 11.3 Å². The Morgan fingerprint density at radius 1 is 1.50 bits per heavy atom. The van der Waals surface area contributed by atoms with Crippen molar-refractivity contribution in [3.8, 4) is 0 Å². The van der Waals surface area contributed by atoms with E-state index in [4.69, 9.17) is 5.11 Å². The lowest BCUT2D eigenvalue weighted by molar-refractivity contribution is 0.281. The van der Waals surface area contributed by atoms with E-state index in [0.29, 0.717) is 6.54 Å². The molecule has 0 unspecified atom stereocenters. The third-order valence-electron chi connectivity index (χ3n) is 1.73. The van der Waals surface area contributed by atoms with Crippen LogP contribution in [0.25, 0.3) is 0 Å². The zero-order valence-corrected chi connectivity index (χ0v) is 8.53. The van der Waals surface area contributed by atoms with Crippen molar-refractivity contribution in [1.29, 1.82) is 0 Å². The van der Waals surface area contributed by atoms with Gasteiger partial charge in [-0.25, -0.2) is 0 Å². The van der Waals surface area contributed by atoms with E-state index in [9.17, 15) is 0 Å². The van der Waals surface area contributed by atoms with Gasteiger partial charge in [-0.15, -0.1) is 10.2 Å². The molecule has 2 heterocycles. The third-order valence-corrected chi connectivity index (χ3v) is 2.56. The molecule has 74 valence electrons. The molecule has 0 atom stereocenters. The number of hydrogen-bond donors (Lipinski definition) is 1. The largest absolute Gasteiger partial charge is 0.392 e. The van der Waals surface area contributed by atoms with Gasteiger partial charge >= 0.3 is 0 Å². The molecule has 0 saturated carbocycles. The van der Waals surface area contributed by atoms with Crippen LogP contribution in [-0.4, -0.2) is 25.1 Å². The molecule has 2 aromatic heterocycles. The Balaban J connectivity index is 2.10. The second kappa shape index (κ2) is 3.85. The predicted octanol–water partition coefficient (Wildman–Crippen LogP) is 0.584. The lowest BCUT2D eigenvalue weighted by Gasteiger charge is -1.94. The quantitative estimate of drug-likeness (QED) is 0.805. The minimum atomic E-state index is 0.0230. The summed E-state index contributed by atoms with van der Waals surface area (Å²) in [6.45, 7) is 2.56. The molecular weight excluding hydrogens is 200 g/mol. The number of aromatic nitrogens is 4. The van der Waals surface area contributed by atoms with E-state index in [1.807, 2.05) is 6.92 Å². The highest BCUT2D eigenvalue weighted by atomic mass is 32.1. The average molecular weight is 210 g/mol. The van der Waals surface area contributed by atoms with Gasteiger partial charge in [0.25, 0.3) is 0 Å². The van der Waals surface area contributed by atoms with E-state index >= 15 is 0 Å². The van der Waals surface area contributed by atoms with Gasteiger partial charge in [-0.05, 0) is 6.92 Å². The lowest BCUT2D eigenvalue weighted by atomic mass is 10.4. The minimum absolute atomic E-state index is 0.0230. The first-order valence-corrected chi connectivity index (χ1v) is 5.01. The number of aryl methyl sites for hydroxylation is 1. The van der Waals surface area contributed by atoms with Gasteiger partial charge in [0.1, 0.15) is 10.0 Å². The van der Waals surface area contributed by atoms with Gasteiger partial charge in [-0.3, -0.25) is 4.68 Å². The van der Waals surface area contributed by atoms with Gasteiger partial charge in [0.05, 0.1) is 19.3 Å². The molecule has 5 nitrogen and oxygen atoms in total. The normalized spacial score (nSPS) is 10.7. The maximum atomic E-state index is 8.84. The maximum absolute atomic E-state index is 8.84. The van der Waals surface area contributed by atoms with Crippen molar-refractivity contribution in [1.82, 2.24) is 20.0 Å². The number of nitrogens with zero attached hydrogens (tertiary/aromatic N) is 4. The molecule has 0 aliphatic carbocycles. The van der Waals surface area contributed by atoms with E-state index in [-0.39, 0.29) is 6.61 Å². The molecule has 0 bridgehead atoms. The van der Waals surface area contributed by atoms with Gasteiger partial charge in [-0.2, -0.15) is 5.10 Å². The van der Waals surface area contributed by atoms with Crippen molar-refractivity contribution in [3.05, 3.63) is 28.0 Å². The summed E-state index contributed by atoms with van der Waals surface area (Å²) in [5.41, 5.74) is 0.811. The molecule has 2 aromatic rings. The smallest absolute Gasteiger partial charge is 0.139 e. The summed E-state index contributed by atoms with van der Waals surface area (Å²) in [7, 11) is 0. The highest BCUT2D eigenvalue weighted by molar-refractivity contribution is 7.11. The monoisotopic (exact) mass is 210 g/mol. The van der Waals surface area contributed by atoms with Crippen LogP contribution in [0.2, 0.25) is 0 Å². The molecule has 1 N–H and O–H groups in total. The van der Waals surface area contributed by atoms with Crippen LogP contribution in [-0.2, 0) is 13.2 Å². The number of rotatable bonds is 3. The number of hydrogen-bond acceptors (Lipinski definition) is 5. The molecule has 0 fully saturated rings. The molecule has 0 saturated heterocycles. The van der Waals surface area contributed by atoms with E-state index in [2.05, 4.69) is 15.3 Å². The fourth-order valence-electron chi connectivity index (χ4n) is 1.11. The minimum Gasteiger partial charge on any atom is -0.392 e. The second-order valence-electron chi connectivity index (χ2n) is 2.92. The Labute approximate surface area is 85.0 Å². The molecule has 0 spiro atoms. The van der Waals surface area contributed by atoms with Crippen molar-refractivity contribution in [2.75, 3.05) is 0 Å². The first-order valence-electron chi connectivity index (χ1n) is 4.19. The van der Waals surface area contributed by atoms with E-state index in [0.717, 1.165) is 15.6 Å². The number of aliphatic hydroxyl groups is 1. The van der Waals surface area contributed by atoms with Crippen LogP contribution in [0.3, 0.4) is 0 Å². The summed E-state index contributed by atoms with van der Waals surface area (Å²) < 4.78 is 1.74. The molecule has 0 aliphatic rings. The van der Waals surface area contributed by atoms with E-state index < -0.39 is 0 Å². The van der Waals surface area contributed by atoms with E-state index in [1.165, 1.54) is 0 Å². The summed E-state index contributed by atoms with van der Waals surface area (Å²) in [5.74, 6) is 0. The summed E-state index contributed by atoms with van der Waals surface area (Å²) in [4.78, 5) is 0. The summed E-state index contributed by atoms with van der Waals surface area (Å²) in [6, 6.07) is 0. The van der Waals surface area contributed by atoms with Crippen molar-refractivity contribution in [3.63, 3.8) is 0 Å². The van der Waals surface area contributed by atoms with Crippen molar-refractivity contribution < 1.29 is 5.11 Å². The zero-order chi connectivity index (χ0) is 9.97. The molecule has 6 heteroatoms. The van der Waals surface area contributed by atoms with Gasteiger partial charge in [0, 0.05) is 11.8 Å². The number of aliphatic hydroxyl groups excluding tert-OH is 1. The van der Waals surface area contributed by atoms with Crippen LogP contribution in [0, 0.1) is 6.92 Å². The fourth-order valence-corrected chi connectivity index (χ4v) is 1.82. The first kappa shape index (κ1) is 9.29. The summed E-state index contributed by atoms with van der Waals surface area (Å²) in [6.07, 6.45) is 3.45. The molecular formula is C8H10N4OS. The highest BCUT2D eigenvalue weighted by Gasteiger charge is 2.02. The van der Waals surface area contributed by atoms with Crippen LogP contribution < -0.4 is 0 Å². The SMILES string of the molecule is Cc1nnc(Cn2cc(CO)cn2)s1. The Morgan fingerprint density at radius 3 is 2.93 bits per heavy atom. The Hall–Kier alpha value is -1.27.